The van der Waals surface area contributed by atoms with E-state index in [4.69, 9.17) is 4.74 Å². The normalized spacial score (nSPS) is 11.5. The van der Waals surface area contributed by atoms with E-state index in [9.17, 15) is 13.2 Å². The third-order valence-electron chi connectivity index (χ3n) is 3.70. The van der Waals surface area contributed by atoms with Crippen molar-refractivity contribution in [1.82, 2.24) is 4.98 Å². The van der Waals surface area contributed by atoms with Gasteiger partial charge in [-0.3, -0.25) is 0 Å². The molecule has 2 nitrogen and oxygen atoms in total. The minimum absolute atomic E-state index is 0.501. The molecule has 0 atom stereocenters. The minimum Gasteiger partial charge on any atom is -0.493 e. The van der Waals surface area contributed by atoms with Gasteiger partial charge in [-0.25, -0.2) is 4.98 Å². The number of aryl methyl sites for hydroxylation is 1. The van der Waals surface area contributed by atoms with Crippen molar-refractivity contribution >= 4 is 11.3 Å². The zero-order valence-corrected chi connectivity index (χ0v) is 14.3. The summed E-state index contributed by atoms with van der Waals surface area (Å²) in [5, 5.41) is 0.723. The Labute approximate surface area is 147 Å². The van der Waals surface area contributed by atoms with Gasteiger partial charge in [0.25, 0.3) is 0 Å². The second-order valence-corrected chi connectivity index (χ2v) is 6.71. The molecule has 0 bridgehead atoms. The lowest BCUT2D eigenvalue weighted by atomic mass is 10.1. The number of hydrogen-bond acceptors (Lipinski definition) is 3. The summed E-state index contributed by atoms with van der Waals surface area (Å²) in [5.41, 5.74) is 0.952. The predicted octanol–water partition coefficient (Wildman–Crippen LogP) is 5.76. The molecule has 0 saturated carbocycles. The first-order valence-electron chi connectivity index (χ1n) is 7.75. The molecule has 3 rings (SSSR count). The molecule has 0 spiro atoms. The number of halogens is 3. The Morgan fingerprint density at radius 1 is 1.00 bits per heavy atom. The van der Waals surface area contributed by atoms with E-state index in [0.29, 0.717) is 18.6 Å². The number of ether oxygens (including phenoxy) is 1. The smallest absolute Gasteiger partial charge is 0.416 e. The van der Waals surface area contributed by atoms with E-state index < -0.39 is 11.7 Å². The highest BCUT2D eigenvalue weighted by Gasteiger charge is 2.30. The molecular weight excluding hydrogens is 347 g/mol. The largest absolute Gasteiger partial charge is 0.493 e. The summed E-state index contributed by atoms with van der Waals surface area (Å²) in [7, 11) is 0. The molecule has 3 aromatic rings. The van der Waals surface area contributed by atoms with Crippen molar-refractivity contribution in [3.63, 3.8) is 0 Å². The molecule has 0 amide bonds. The van der Waals surface area contributed by atoms with E-state index in [0.717, 1.165) is 33.5 Å². The van der Waals surface area contributed by atoms with Crippen molar-refractivity contribution in [2.75, 3.05) is 6.61 Å². The van der Waals surface area contributed by atoms with Gasteiger partial charge in [-0.1, -0.05) is 30.3 Å². The molecule has 130 valence electrons. The van der Waals surface area contributed by atoms with Gasteiger partial charge in [0.15, 0.2) is 0 Å². The summed E-state index contributed by atoms with van der Waals surface area (Å²) in [6.45, 7) is 2.46. The second kappa shape index (κ2) is 7.27. The van der Waals surface area contributed by atoms with Crippen LogP contribution in [0.4, 0.5) is 13.2 Å². The summed E-state index contributed by atoms with van der Waals surface area (Å²) >= 11 is 1.48. The van der Waals surface area contributed by atoms with Gasteiger partial charge in [-0.15, -0.1) is 11.3 Å². The number of benzene rings is 2. The lowest BCUT2D eigenvalue weighted by Gasteiger charge is -2.06. The van der Waals surface area contributed by atoms with Crippen molar-refractivity contribution in [3.05, 3.63) is 70.7 Å². The summed E-state index contributed by atoms with van der Waals surface area (Å²) in [4.78, 5) is 5.61. The van der Waals surface area contributed by atoms with E-state index in [1.807, 2.05) is 37.3 Å². The predicted molar refractivity (Wildman–Crippen MR) is 92.9 cm³/mol. The van der Waals surface area contributed by atoms with Crippen LogP contribution in [0, 0.1) is 6.92 Å². The van der Waals surface area contributed by atoms with Crippen LogP contribution in [0.1, 0.15) is 16.1 Å². The van der Waals surface area contributed by atoms with E-state index in [-0.39, 0.29) is 0 Å². The van der Waals surface area contributed by atoms with Crippen molar-refractivity contribution in [2.24, 2.45) is 0 Å². The molecule has 0 unspecified atom stereocenters. The van der Waals surface area contributed by atoms with Crippen LogP contribution >= 0.6 is 11.3 Å². The lowest BCUT2D eigenvalue weighted by molar-refractivity contribution is -0.137. The molecule has 0 saturated heterocycles. The van der Waals surface area contributed by atoms with Crippen LogP contribution in [-0.2, 0) is 12.6 Å². The standard InChI is InChI=1S/C19H16F3NOS/c1-13-17(11-12-24-16-5-3-2-4-6-16)23-18(25-13)14-7-9-15(10-8-14)19(20,21)22/h2-10H,11-12H2,1H3. The van der Waals surface area contributed by atoms with Crippen LogP contribution in [0.2, 0.25) is 0 Å². The molecular formula is C19H16F3NOS. The first kappa shape index (κ1) is 17.5. The Morgan fingerprint density at radius 2 is 1.68 bits per heavy atom. The number of aromatic nitrogens is 1. The number of alkyl halides is 3. The van der Waals surface area contributed by atoms with Gasteiger partial charge in [-0.05, 0) is 31.2 Å². The van der Waals surface area contributed by atoms with Crippen LogP contribution < -0.4 is 4.74 Å². The Morgan fingerprint density at radius 3 is 2.32 bits per heavy atom. The first-order chi connectivity index (χ1) is 11.9. The first-order valence-corrected chi connectivity index (χ1v) is 8.57. The zero-order chi connectivity index (χ0) is 17.9. The molecule has 2 aromatic carbocycles. The quantitative estimate of drug-likeness (QED) is 0.575. The highest BCUT2D eigenvalue weighted by atomic mass is 32.1. The van der Waals surface area contributed by atoms with E-state index in [1.54, 1.807) is 0 Å². The Balaban J connectivity index is 1.67. The molecule has 1 aromatic heterocycles. The monoisotopic (exact) mass is 363 g/mol. The van der Waals surface area contributed by atoms with Crippen molar-refractivity contribution in [2.45, 2.75) is 19.5 Å². The lowest BCUT2D eigenvalue weighted by Crippen LogP contribution is -2.04. The Kier molecular flexibility index (Phi) is 5.08. The van der Waals surface area contributed by atoms with Gasteiger partial charge >= 0.3 is 6.18 Å². The molecule has 0 radical (unpaired) electrons. The number of para-hydroxylation sites is 1. The number of thiazole rings is 1. The topological polar surface area (TPSA) is 22.1 Å². The molecule has 25 heavy (non-hydrogen) atoms. The van der Waals surface area contributed by atoms with E-state index in [1.165, 1.54) is 23.5 Å². The molecule has 6 heteroatoms. The minimum atomic E-state index is -4.32. The fourth-order valence-electron chi connectivity index (χ4n) is 2.37. The maximum absolute atomic E-state index is 12.6. The molecule has 0 fully saturated rings. The Bertz CT molecular complexity index is 826. The summed E-state index contributed by atoms with van der Waals surface area (Å²) in [5.74, 6) is 0.804. The fraction of sp³-hybridized carbons (Fsp3) is 0.211. The van der Waals surface area contributed by atoms with Gasteiger partial charge in [0.05, 0.1) is 17.9 Å². The SMILES string of the molecule is Cc1sc(-c2ccc(C(F)(F)F)cc2)nc1CCOc1ccccc1. The van der Waals surface area contributed by atoms with Crippen LogP contribution in [0.3, 0.4) is 0 Å². The Hall–Kier alpha value is -2.34. The molecule has 0 aliphatic heterocycles. The molecule has 0 N–H and O–H groups in total. The van der Waals surface area contributed by atoms with E-state index >= 15 is 0 Å². The third kappa shape index (κ3) is 4.39. The van der Waals surface area contributed by atoms with Gasteiger partial charge in [0.2, 0.25) is 0 Å². The van der Waals surface area contributed by atoms with Crippen LogP contribution in [0.5, 0.6) is 5.75 Å². The number of nitrogens with zero attached hydrogens (tertiary/aromatic N) is 1. The van der Waals surface area contributed by atoms with Crippen LogP contribution in [0.15, 0.2) is 54.6 Å². The van der Waals surface area contributed by atoms with Gasteiger partial charge in [0.1, 0.15) is 10.8 Å². The summed E-state index contributed by atoms with van der Waals surface area (Å²) < 4.78 is 43.6. The maximum atomic E-state index is 12.6. The fourth-order valence-corrected chi connectivity index (χ4v) is 3.33. The third-order valence-corrected chi connectivity index (χ3v) is 4.76. The average Bonchev–Trinajstić information content (AvgIpc) is 2.96. The second-order valence-electron chi connectivity index (χ2n) is 5.51. The van der Waals surface area contributed by atoms with Gasteiger partial charge in [-0.2, -0.15) is 13.2 Å². The van der Waals surface area contributed by atoms with E-state index in [2.05, 4.69) is 4.98 Å². The van der Waals surface area contributed by atoms with Crippen molar-refractivity contribution in [3.8, 4) is 16.3 Å². The van der Waals surface area contributed by atoms with Crippen LogP contribution in [-0.4, -0.2) is 11.6 Å². The van der Waals surface area contributed by atoms with Crippen molar-refractivity contribution < 1.29 is 17.9 Å². The van der Waals surface area contributed by atoms with Crippen molar-refractivity contribution in [1.29, 1.82) is 0 Å². The van der Waals surface area contributed by atoms with Crippen LogP contribution in [0.25, 0.3) is 10.6 Å². The number of hydrogen-bond donors (Lipinski definition) is 0. The highest BCUT2D eigenvalue weighted by molar-refractivity contribution is 7.15. The molecule has 0 aliphatic carbocycles. The van der Waals surface area contributed by atoms with Gasteiger partial charge in [0, 0.05) is 16.9 Å². The average molecular weight is 363 g/mol. The number of rotatable bonds is 5. The molecule has 1 heterocycles. The molecule has 0 aliphatic rings. The maximum Gasteiger partial charge on any atom is 0.416 e. The van der Waals surface area contributed by atoms with Gasteiger partial charge < -0.3 is 4.74 Å². The summed E-state index contributed by atoms with van der Waals surface area (Å²) in [6.07, 6.45) is -3.67. The highest BCUT2D eigenvalue weighted by Crippen LogP contribution is 2.33. The summed E-state index contributed by atoms with van der Waals surface area (Å²) in [6, 6.07) is 14.6. The zero-order valence-electron chi connectivity index (χ0n) is 13.5.